The molecule has 2 N–H and O–H groups in total. The van der Waals surface area contributed by atoms with Gasteiger partial charge in [-0.1, -0.05) is 6.92 Å². The van der Waals surface area contributed by atoms with Crippen LogP contribution in [0.25, 0.3) is 11.2 Å². The third-order valence-electron chi connectivity index (χ3n) is 3.66. The van der Waals surface area contributed by atoms with E-state index in [0.717, 1.165) is 34.8 Å². The molecule has 6 heteroatoms. The summed E-state index contributed by atoms with van der Waals surface area (Å²) < 4.78 is 9.52. The van der Waals surface area contributed by atoms with Crippen molar-refractivity contribution in [3.8, 4) is 0 Å². The van der Waals surface area contributed by atoms with Gasteiger partial charge < -0.3 is 10.2 Å². The molecule has 0 amide bonds. The molecule has 6 nitrogen and oxygen atoms in total. The number of imidazole rings is 1. The van der Waals surface area contributed by atoms with Crippen LogP contribution in [0.15, 0.2) is 16.5 Å². The number of rotatable bonds is 3. The predicted octanol–water partition coefficient (Wildman–Crippen LogP) is 2.43. The average molecular weight is 273 g/mol. The lowest BCUT2D eigenvalue weighted by Crippen LogP contribution is -2.12. The summed E-state index contributed by atoms with van der Waals surface area (Å²) in [5.74, 6) is 2.25. The smallest absolute Gasteiger partial charge is 0.203 e. The first-order chi connectivity index (χ1) is 9.52. The second-order valence-corrected chi connectivity index (χ2v) is 5.06. The first-order valence-electron chi connectivity index (χ1n) is 6.78. The van der Waals surface area contributed by atoms with Crippen molar-refractivity contribution >= 4 is 17.1 Å². The normalized spacial score (nSPS) is 13.2. The van der Waals surface area contributed by atoms with E-state index in [4.69, 9.17) is 10.2 Å². The highest BCUT2D eigenvalue weighted by atomic mass is 16.3. The molecular formula is C14H19N5O. The number of hydrogen-bond acceptors (Lipinski definition) is 4. The van der Waals surface area contributed by atoms with Crippen LogP contribution >= 0.6 is 0 Å². The van der Waals surface area contributed by atoms with E-state index in [1.165, 1.54) is 0 Å². The average Bonchev–Trinajstić information content (AvgIpc) is 3.05. The molecule has 0 aliphatic heterocycles. The quantitative estimate of drug-likeness (QED) is 0.795. The van der Waals surface area contributed by atoms with Gasteiger partial charge in [0.15, 0.2) is 5.65 Å². The number of hydrogen-bond donors (Lipinski definition) is 1. The Balaban J connectivity index is 2.20. The maximum atomic E-state index is 6.10. The zero-order valence-corrected chi connectivity index (χ0v) is 12.2. The summed E-state index contributed by atoms with van der Waals surface area (Å²) in [5, 5.41) is 4.50. The number of furan rings is 1. The van der Waals surface area contributed by atoms with Crippen molar-refractivity contribution in [2.24, 2.45) is 7.05 Å². The SMILES string of the molecule is CCc1nn(C)c2c1nc(N)n2C(C)c1ccc(C)o1. The molecule has 1 atom stereocenters. The highest BCUT2D eigenvalue weighted by Crippen LogP contribution is 2.29. The summed E-state index contributed by atoms with van der Waals surface area (Å²) in [6.07, 6.45) is 0.835. The van der Waals surface area contributed by atoms with Crippen LogP contribution in [0, 0.1) is 6.92 Å². The van der Waals surface area contributed by atoms with Crippen LogP contribution < -0.4 is 5.73 Å². The molecule has 3 aromatic rings. The van der Waals surface area contributed by atoms with Crippen molar-refractivity contribution < 1.29 is 4.42 Å². The maximum Gasteiger partial charge on any atom is 0.203 e. The van der Waals surface area contributed by atoms with Gasteiger partial charge in [-0.2, -0.15) is 5.10 Å². The van der Waals surface area contributed by atoms with Gasteiger partial charge in [-0.05, 0) is 32.4 Å². The van der Waals surface area contributed by atoms with Gasteiger partial charge in [0, 0.05) is 7.05 Å². The van der Waals surface area contributed by atoms with E-state index in [2.05, 4.69) is 17.0 Å². The van der Waals surface area contributed by atoms with E-state index in [0.29, 0.717) is 5.95 Å². The Kier molecular flexibility index (Phi) is 2.81. The second kappa shape index (κ2) is 4.40. The Morgan fingerprint density at radius 3 is 2.75 bits per heavy atom. The van der Waals surface area contributed by atoms with Gasteiger partial charge in [-0.15, -0.1) is 0 Å². The lowest BCUT2D eigenvalue weighted by molar-refractivity contribution is 0.432. The standard InChI is InChI=1S/C14H19N5O/c1-5-10-12-13(18(4)17-10)19(14(15)16-12)9(3)11-7-6-8(2)20-11/h6-7,9H,5H2,1-4H3,(H2,15,16). The molecule has 0 aliphatic rings. The van der Waals surface area contributed by atoms with Gasteiger partial charge >= 0.3 is 0 Å². The number of nitrogen functional groups attached to an aromatic ring is 1. The molecule has 0 aliphatic carbocycles. The Bertz CT molecular complexity index is 764. The van der Waals surface area contributed by atoms with Gasteiger partial charge in [0.25, 0.3) is 0 Å². The Morgan fingerprint density at radius 2 is 2.15 bits per heavy atom. The summed E-state index contributed by atoms with van der Waals surface area (Å²) in [7, 11) is 1.92. The van der Waals surface area contributed by atoms with Crippen molar-refractivity contribution in [2.75, 3.05) is 5.73 Å². The monoisotopic (exact) mass is 273 g/mol. The van der Waals surface area contributed by atoms with E-state index in [-0.39, 0.29) is 6.04 Å². The van der Waals surface area contributed by atoms with Crippen LogP contribution in [0.1, 0.15) is 37.1 Å². The predicted molar refractivity (Wildman–Crippen MR) is 77.5 cm³/mol. The fourth-order valence-corrected chi connectivity index (χ4v) is 2.64. The van der Waals surface area contributed by atoms with Crippen molar-refractivity contribution in [1.82, 2.24) is 19.3 Å². The number of nitrogens with two attached hydrogens (primary N) is 1. The van der Waals surface area contributed by atoms with Crippen molar-refractivity contribution in [3.63, 3.8) is 0 Å². The minimum absolute atomic E-state index is 0.0196. The van der Waals surface area contributed by atoms with E-state index < -0.39 is 0 Å². The summed E-state index contributed by atoms with van der Waals surface area (Å²) in [5.41, 5.74) is 8.88. The first kappa shape index (κ1) is 12.8. The van der Waals surface area contributed by atoms with Gasteiger partial charge in [-0.3, -0.25) is 9.25 Å². The van der Waals surface area contributed by atoms with Gasteiger partial charge in [0.2, 0.25) is 5.95 Å². The van der Waals surface area contributed by atoms with Crippen LogP contribution in [0.2, 0.25) is 0 Å². The Hall–Kier alpha value is -2.24. The molecule has 1 unspecified atom stereocenters. The molecule has 20 heavy (non-hydrogen) atoms. The summed E-state index contributed by atoms with van der Waals surface area (Å²) >= 11 is 0. The Morgan fingerprint density at radius 1 is 1.40 bits per heavy atom. The van der Waals surface area contributed by atoms with Crippen molar-refractivity contribution in [1.29, 1.82) is 0 Å². The summed E-state index contributed by atoms with van der Waals surface area (Å²) in [4.78, 5) is 4.47. The minimum atomic E-state index is -0.0196. The van der Waals surface area contributed by atoms with Gasteiger partial charge in [0.1, 0.15) is 17.0 Å². The van der Waals surface area contributed by atoms with Crippen LogP contribution in [-0.2, 0) is 13.5 Å². The molecule has 0 saturated carbocycles. The van der Waals surface area contributed by atoms with Crippen LogP contribution in [0.4, 0.5) is 5.95 Å². The number of fused-ring (bicyclic) bond motifs is 1. The zero-order chi connectivity index (χ0) is 14.4. The second-order valence-electron chi connectivity index (χ2n) is 5.06. The third-order valence-corrected chi connectivity index (χ3v) is 3.66. The molecule has 3 aromatic heterocycles. The van der Waals surface area contributed by atoms with Crippen LogP contribution in [-0.4, -0.2) is 19.3 Å². The molecule has 0 saturated heterocycles. The lowest BCUT2D eigenvalue weighted by Gasteiger charge is -2.13. The molecule has 0 aromatic carbocycles. The van der Waals surface area contributed by atoms with E-state index >= 15 is 0 Å². The minimum Gasteiger partial charge on any atom is -0.464 e. The molecule has 0 spiro atoms. The zero-order valence-electron chi connectivity index (χ0n) is 12.2. The van der Waals surface area contributed by atoms with Gasteiger partial charge in [-0.25, -0.2) is 4.98 Å². The van der Waals surface area contributed by atoms with Crippen molar-refractivity contribution in [2.45, 2.75) is 33.2 Å². The third kappa shape index (κ3) is 1.71. The fourth-order valence-electron chi connectivity index (χ4n) is 2.64. The number of aryl methyl sites for hydroxylation is 3. The Labute approximate surface area is 117 Å². The topological polar surface area (TPSA) is 74.8 Å². The van der Waals surface area contributed by atoms with Crippen LogP contribution in [0.3, 0.4) is 0 Å². The van der Waals surface area contributed by atoms with E-state index in [9.17, 15) is 0 Å². The van der Waals surface area contributed by atoms with Gasteiger partial charge in [0.05, 0.1) is 11.7 Å². The number of aromatic nitrogens is 4. The van der Waals surface area contributed by atoms with E-state index in [1.807, 2.05) is 42.3 Å². The fraction of sp³-hybridized carbons (Fsp3) is 0.429. The number of anilines is 1. The summed E-state index contributed by atoms with van der Waals surface area (Å²) in [6, 6.07) is 3.91. The molecule has 0 bridgehead atoms. The summed E-state index contributed by atoms with van der Waals surface area (Å²) in [6.45, 7) is 6.05. The lowest BCUT2D eigenvalue weighted by atomic mass is 10.2. The first-order valence-corrected chi connectivity index (χ1v) is 6.78. The molecular weight excluding hydrogens is 254 g/mol. The largest absolute Gasteiger partial charge is 0.464 e. The molecule has 3 rings (SSSR count). The maximum absolute atomic E-state index is 6.10. The molecule has 3 heterocycles. The highest BCUT2D eigenvalue weighted by molar-refractivity contribution is 5.78. The van der Waals surface area contributed by atoms with Crippen molar-refractivity contribution in [3.05, 3.63) is 29.3 Å². The molecule has 0 radical (unpaired) electrons. The number of nitrogens with zero attached hydrogens (tertiary/aromatic N) is 4. The van der Waals surface area contributed by atoms with E-state index in [1.54, 1.807) is 0 Å². The van der Waals surface area contributed by atoms with Crippen LogP contribution in [0.5, 0.6) is 0 Å². The molecule has 106 valence electrons. The molecule has 0 fully saturated rings. The highest BCUT2D eigenvalue weighted by Gasteiger charge is 2.22.